The summed E-state index contributed by atoms with van der Waals surface area (Å²) in [5, 5.41) is 10.7. The number of non-ortho nitro benzene ring substituents is 1. The predicted octanol–water partition coefficient (Wildman–Crippen LogP) is 2.69. The number of hydrogen-bond donors (Lipinski definition) is 0. The van der Waals surface area contributed by atoms with Gasteiger partial charge in [-0.2, -0.15) is 0 Å². The number of carbonyl (C=O) groups excluding carboxylic acids is 2. The van der Waals surface area contributed by atoms with Crippen molar-refractivity contribution in [1.29, 1.82) is 0 Å². The van der Waals surface area contributed by atoms with Gasteiger partial charge in [0.05, 0.1) is 22.4 Å². The molecule has 0 aromatic heterocycles. The number of rotatable bonds is 2. The van der Waals surface area contributed by atoms with Crippen LogP contribution in [-0.4, -0.2) is 16.7 Å². The van der Waals surface area contributed by atoms with Crippen LogP contribution in [0.2, 0.25) is 0 Å². The molecule has 1 heterocycles. The number of benzene rings is 1. The zero-order chi connectivity index (χ0) is 16.1. The van der Waals surface area contributed by atoms with Gasteiger partial charge in [0, 0.05) is 12.1 Å². The Labute approximate surface area is 132 Å². The smallest absolute Gasteiger partial charge is 0.269 e. The fraction of sp³-hybridized carbons (Fsp3) is 0.412. The molecule has 1 aromatic carbocycles. The van der Waals surface area contributed by atoms with Crippen molar-refractivity contribution in [2.45, 2.75) is 19.3 Å². The van der Waals surface area contributed by atoms with Crippen molar-refractivity contribution in [3.8, 4) is 0 Å². The lowest BCUT2D eigenvalue weighted by Gasteiger charge is -2.27. The highest BCUT2D eigenvalue weighted by Crippen LogP contribution is 2.48. The van der Waals surface area contributed by atoms with E-state index in [0.29, 0.717) is 5.69 Å². The lowest BCUT2D eigenvalue weighted by atomic mass is 9.73. The number of nitro groups is 1. The molecule has 6 nitrogen and oxygen atoms in total. The van der Waals surface area contributed by atoms with Gasteiger partial charge in [-0.3, -0.25) is 24.6 Å². The van der Waals surface area contributed by atoms with Crippen LogP contribution in [0.3, 0.4) is 0 Å². The second kappa shape index (κ2) is 5.01. The van der Waals surface area contributed by atoms with E-state index in [1.54, 1.807) is 0 Å². The quantitative estimate of drug-likeness (QED) is 0.364. The lowest BCUT2D eigenvalue weighted by Crippen LogP contribution is -2.32. The van der Waals surface area contributed by atoms with E-state index in [4.69, 9.17) is 0 Å². The molecule has 23 heavy (non-hydrogen) atoms. The third-order valence-corrected chi connectivity index (χ3v) is 5.32. The summed E-state index contributed by atoms with van der Waals surface area (Å²) in [7, 11) is 0. The summed E-state index contributed by atoms with van der Waals surface area (Å²) in [5.74, 6) is -0.577. The molecule has 0 radical (unpaired) electrons. The first-order valence-electron chi connectivity index (χ1n) is 7.88. The number of hydrogen-bond acceptors (Lipinski definition) is 4. The Kier molecular flexibility index (Phi) is 3.07. The average molecular weight is 312 g/mol. The van der Waals surface area contributed by atoms with Gasteiger partial charge in [-0.1, -0.05) is 18.6 Å². The van der Waals surface area contributed by atoms with Crippen LogP contribution < -0.4 is 4.90 Å². The molecule has 4 aliphatic rings. The second-order valence-corrected chi connectivity index (χ2v) is 6.48. The molecule has 0 spiro atoms. The SMILES string of the molecule is O=C1[C@@H]2C3C=CC(CCC3)[C@@H]2C(=O)N1c1ccc([N+](=O)[O-])cc1. The molecule has 6 heteroatoms. The zero-order valence-electron chi connectivity index (χ0n) is 12.4. The number of anilines is 1. The predicted molar refractivity (Wildman–Crippen MR) is 82.5 cm³/mol. The highest BCUT2D eigenvalue weighted by atomic mass is 16.6. The van der Waals surface area contributed by atoms with Crippen LogP contribution in [-0.2, 0) is 9.59 Å². The third kappa shape index (κ3) is 2.01. The third-order valence-electron chi connectivity index (χ3n) is 5.32. The monoisotopic (exact) mass is 312 g/mol. The van der Waals surface area contributed by atoms with Crippen molar-refractivity contribution in [3.63, 3.8) is 0 Å². The summed E-state index contributed by atoms with van der Waals surface area (Å²) in [6, 6.07) is 5.62. The summed E-state index contributed by atoms with van der Waals surface area (Å²) in [5.41, 5.74) is 0.377. The van der Waals surface area contributed by atoms with E-state index in [0.717, 1.165) is 19.3 Å². The van der Waals surface area contributed by atoms with Crippen molar-refractivity contribution in [1.82, 2.24) is 0 Å². The molecule has 0 N–H and O–H groups in total. The Morgan fingerprint density at radius 3 is 1.96 bits per heavy atom. The summed E-state index contributed by atoms with van der Waals surface area (Å²) in [6.07, 6.45) is 7.14. The number of fused-ring (bicyclic) bond motifs is 2. The van der Waals surface area contributed by atoms with E-state index < -0.39 is 4.92 Å². The summed E-state index contributed by atoms with van der Waals surface area (Å²) < 4.78 is 0. The molecule has 1 aromatic rings. The maximum atomic E-state index is 12.8. The van der Waals surface area contributed by atoms with Gasteiger partial charge in [0.1, 0.15) is 0 Å². The molecule has 1 saturated carbocycles. The normalized spacial score (nSPS) is 32.1. The number of nitro benzene ring substituents is 1. The van der Waals surface area contributed by atoms with E-state index in [-0.39, 0.29) is 41.2 Å². The zero-order valence-corrected chi connectivity index (χ0v) is 12.4. The number of imide groups is 1. The molecule has 118 valence electrons. The van der Waals surface area contributed by atoms with Gasteiger partial charge in [-0.25, -0.2) is 0 Å². The fourth-order valence-corrected chi connectivity index (χ4v) is 4.26. The Morgan fingerprint density at radius 1 is 0.957 bits per heavy atom. The minimum atomic E-state index is -0.495. The number of allylic oxidation sites excluding steroid dienone is 2. The summed E-state index contributed by atoms with van der Waals surface area (Å²) >= 11 is 0. The van der Waals surface area contributed by atoms with Crippen LogP contribution in [0.25, 0.3) is 0 Å². The van der Waals surface area contributed by atoms with Crippen molar-refractivity contribution in [2.75, 3.05) is 4.90 Å². The Bertz CT molecular complexity index is 693. The summed E-state index contributed by atoms with van der Waals surface area (Å²) in [6.45, 7) is 0. The molecular formula is C17H16N2O4. The Morgan fingerprint density at radius 2 is 1.48 bits per heavy atom. The minimum absolute atomic E-state index is 0.0520. The van der Waals surface area contributed by atoms with Gasteiger partial charge in [-0.15, -0.1) is 0 Å². The maximum Gasteiger partial charge on any atom is 0.269 e. The van der Waals surface area contributed by atoms with Gasteiger partial charge in [-0.05, 0) is 36.8 Å². The van der Waals surface area contributed by atoms with Crippen molar-refractivity contribution in [3.05, 3.63) is 46.5 Å². The van der Waals surface area contributed by atoms with E-state index in [1.165, 1.54) is 29.2 Å². The van der Waals surface area contributed by atoms with Crippen molar-refractivity contribution >= 4 is 23.2 Å². The average Bonchev–Trinajstić information content (AvgIpc) is 2.75. The van der Waals surface area contributed by atoms with Gasteiger partial charge < -0.3 is 0 Å². The highest BCUT2D eigenvalue weighted by molar-refractivity contribution is 6.22. The van der Waals surface area contributed by atoms with Crippen LogP contribution in [0.1, 0.15) is 19.3 Å². The molecular weight excluding hydrogens is 296 g/mol. The minimum Gasteiger partial charge on any atom is -0.274 e. The van der Waals surface area contributed by atoms with Crippen LogP contribution in [0, 0.1) is 33.8 Å². The second-order valence-electron chi connectivity index (χ2n) is 6.48. The molecule has 2 bridgehead atoms. The summed E-state index contributed by atoms with van der Waals surface area (Å²) in [4.78, 5) is 37.2. The number of carbonyl (C=O) groups is 2. The molecule has 4 atom stereocenters. The van der Waals surface area contributed by atoms with Crippen LogP contribution in [0.5, 0.6) is 0 Å². The Hall–Kier alpha value is -2.50. The highest BCUT2D eigenvalue weighted by Gasteiger charge is 2.55. The van der Waals surface area contributed by atoms with Gasteiger partial charge >= 0.3 is 0 Å². The Balaban J connectivity index is 1.70. The van der Waals surface area contributed by atoms with E-state index in [2.05, 4.69) is 12.2 Å². The van der Waals surface area contributed by atoms with Crippen molar-refractivity contribution in [2.24, 2.45) is 23.7 Å². The van der Waals surface area contributed by atoms with Gasteiger partial charge in [0.25, 0.3) is 5.69 Å². The van der Waals surface area contributed by atoms with Crippen molar-refractivity contribution < 1.29 is 14.5 Å². The lowest BCUT2D eigenvalue weighted by molar-refractivity contribution is -0.384. The number of amides is 2. The molecule has 5 rings (SSSR count). The molecule has 2 amide bonds. The molecule has 1 saturated heterocycles. The first kappa shape index (κ1) is 14.1. The van der Waals surface area contributed by atoms with Crippen LogP contribution in [0.15, 0.2) is 36.4 Å². The van der Waals surface area contributed by atoms with E-state index in [9.17, 15) is 19.7 Å². The topological polar surface area (TPSA) is 80.5 Å². The first-order valence-corrected chi connectivity index (χ1v) is 7.88. The molecule has 2 fully saturated rings. The van der Waals surface area contributed by atoms with E-state index in [1.807, 2.05) is 0 Å². The molecule has 1 aliphatic heterocycles. The first-order chi connectivity index (χ1) is 11.1. The standard InChI is InChI=1S/C17H16N2O4/c20-16-14-10-2-1-3-11(5-4-10)15(14)17(21)18(16)12-6-8-13(9-7-12)19(22)23/h4-11,14-15H,1-3H2/t10?,11?,14-,15+. The van der Waals surface area contributed by atoms with E-state index >= 15 is 0 Å². The maximum absolute atomic E-state index is 12.8. The van der Waals surface area contributed by atoms with Crippen LogP contribution >= 0.6 is 0 Å². The largest absolute Gasteiger partial charge is 0.274 e. The molecule has 3 aliphatic carbocycles. The van der Waals surface area contributed by atoms with Crippen LogP contribution in [0.4, 0.5) is 11.4 Å². The number of nitrogens with zero attached hydrogens (tertiary/aromatic N) is 2. The molecule has 2 unspecified atom stereocenters. The fourth-order valence-electron chi connectivity index (χ4n) is 4.26. The van der Waals surface area contributed by atoms with Gasteiger partial charge in [0.15, 0.2) is 0 Å². The van der Waals surface area contributed by atoms with Gasteiger partial charge in [0.2, 0.25) is 11.8 Å².